The lowest BCUT2D eigenvalue weighted by Gasteiger charge is -2.07. The van der Waals surface area contributed by atoms with Gasteiger partial charge in [0.25, 0.3) is 0 Å². The molecule has 3 heteroatoms. The summed E-state index contributed by atoms with van der Waals surface area (Å²) < 4.78 is 5.54. The lowest BCUT2D eigenvalue weighted by Crippen LogP contribution is -2.01. The van der Waals surface area contributed by atoms with Gasteiger partial charge in [-0.25, -0.2) is 0 Å². The number of hydrogen-bond acceptors (Lipinski definition) is 3. The van der Waals surface area contributed by atoms with Gasteiger partial charge < -0.3 is 15.6 Å². The number of ether oxygens (including phenoxy) is 1. The summed E-state index contributed by atoms with van der Waals surface area (Å²) in [4.78, 5) is 0. The number of phenols is 1. The van der Waals surface area contributed by atoms with Crippen molar-refractivity contribution in [1.82, 2.24) is 0 Å². The van der Waals surface area contributed by atoms with Crippen molar-refractivity contribution in [3.05, 3.63) is 23.8 Å². The predicted octanol–water partition coefficient (Wildman–Crippen LogP) is 1.64. The van der Waals surface area contributed by atoms with Gasteiger partial charge in [0.1, 0.15) is 11.5 Å². The standard InChI is InChI=1S/C11H15NO2/c12-6-9-3-10(13)5-11(4-9)14-7-8-1-2-8/h3-5,8,13H,1-2,6-7,12H2. The smallest absolute Gasteiger partial charge is 0.123 e. The number of phenolic OH excluding ortho intramolecular Hbond substituents is 1. The van der Waals surface area contributed by atoms with Gasteiger partial charge in [-0.05, 0) is 36.5 Å². The first-order chi connectivity index (χ1) is 6.78. The molecule has 2 rings (SSSR count). The van der Waals surface area contributed by atoms with E-state index in [0.717, 1.165) is 23.8 Å². The minimum atomic E-state index is 0.221. The first-order valence-electron chi connectivity index (χ1n) is 4.94. The Hall–Kier alpha value is -1.22. The summed E-state index contributed by atoms with van der Waals surface area (Å²) in [5.74, 6) is 1.66. The fourth-order valence-electron chi connectivity index (χ4n) is 1.34. The molecule has 1 fully saturated rings. The van der Waals surface area contributed by atoms with Crippen molar-refractivity contribution in [2.45, 2.75) is 19.4 Å². The van der Waals surface area contributed by atoms with Crippen molar-refractivity contribution in [2.24, 2.45) is 11.7 Å². The molecule has 1 saturated carbocycles. The van der Waals surface area contributed by atoms with E-state index >= 15 is 0 Å². The van der Waals surface area contributed by atoms with Crippen LogP contribution in [-0.4, -0.2) is 11.7 Å². The highest BCUT2D eigenvalue weighted by molar-refractivity contribution is 5.37. The molecule has 0 saturated heterocycles. The highest BCUT2D eigenvalue weighted by Gasteiger charge is 2.21. The highest BCUT2D eigenvalue weighted by Crippen LogP contribution is 2.30. The van der Waals surface area contributed by atoms with Crippen molar-refractivity contribution >= 4 is 0 Å². The van der Waals surface area contributed by atoms with Gasteiger partial charge in [-0.1, -0.05) is 0 Å². The molecule has 0 aromatic heterocycles. The van der Waals surface area contributed by atoms with Gasteiger partial charge in [-0.15, -0.1) is 0 Å². The normalized spacial score (nSPS) is 15.5. The summed E-state index contributed by atoms with van der Waals surface area (Å²) in [7, 11) is 0. The van der Waals surface area contributed by atoms with Gasteiger partial charge in [-0.2, -0.15) is 0 Å². The Labute approximate surface area is 83.5 Å². The van der Waals surface area contributed by atoms with Crippen molar-refractivity contribution in [3.63, 3.8) is 0 Å². The highest BCUT2D eigenvalue weighted by atomic mass is 16.5. The quantitative estimate of drug-likeness (QED) is 0.764. The fraction of sp³-hybridized carbons (Fsp3) is 0.455. The van der Waals surface area contributed by atoms with Crippen LogP contribution in [0.15, 0.2) is 18.2 Å². The van der Waals surface area contributed by atoms with Crippen LogP contribution in [-0.2, 0) is 6.54 Å². The van der Waals surface area contributed by atoms with Crippen LogP contribution in [0.2, 0.25) is 0 Å². The van der Waals surface area contributed by atoms with E-state index in [9.17, 15) is 5.11 Å². The third-order valence-corrected chi connectivity index (χ3v) is 2.37. The number of benzene rings is 1. The zero-order chi connectivity index (χ0) is 9.97. The maximum atomic E-state index is 9.37. The molecule has 0 bridgehead atoms. The molecular weight excluding hydrogens is 178 g/mol. The van der Waals surface area contributed by atoms with Crippen molar-refractivity contribution in [3.8, 4) is 11.5 Å². The van der Waals surface area contributed by atoms with E-state index in [0.29, 0.717) is 6.54 Å². The van der Waals surface area contributed by atoms with Gasteiger partial charge in [0.15, 0.2) is 0 Å². The van der Waals surface area contributed by atoms with E-state index in [2.05, 4.69) is 0 Å². The topological polar surface area (TPSA) is 55.5 Å². The molecule has 1 aromatic carbocycles. The van der Waals surface area contributed by atoms with Crippen molar-refractivity contribution in [1.29, 1.82) is 0 Å². The molecule has 0 heterocycles. The number of aromatic hydroxyl groups is 1. The molecule has 1 aromatic rings. The monoisotopic (exact) mass is 193 g/mol. The van der Waals surface area contributed by atoms with Crippen LogP contribution >= 0.6 is 0 Å². The lowest BCUT2D eigenvalue weighted by atomic mass is 10.2. The zero-order valence-corrected chi connectivity index (χ0v) is 8.07. The molecule has 0 unspecified atom stereocenters. The minimum Gasteiger partial charge on any atom is -0.508 e. The Morgan fingerprint density at radius 3 is 2.79 bits per heavy atom. The second-order valence-corrected chi connectivity index (χ2v) is 3.79. The van der Waals surface area contributed by atoms with E-state index in [1.807, 2.05) is 6.07 Å². The van der Waals surface area contributed by atoms with E-state index in [-0.39, 0.29) is 5.75 Å². The molecule has 0 radical (unpaired) electrons. The number of nitrogens with two attached hydrogens (primary N) is 1. The molecule has 0 atom stereocenters. The number of rotatable bonds is 4. The molecule has 0 amide bonds. The summed E-state index contributed by atoms with van der Waals surface area (Å²) in [6, 6.07) is 5.16. The molecular formula is C11H15NO2. The maximum absolute atomic E-state index is 9.37. The lowest BCUT2D eigenvalue weighted by molar-refractivity contribution is 0.298. The SMILES string of the molecule is NCc1cc(O)cc(OCC2CC2)c1. The van der Waals surface area contributed by atoms with Crippen LogP contribution in [0, 0.1) is 5.92 Å². The molecule has 3 nitrogen and oxygen atoms in total. The Morgan fingerprint density at radius 2 is 2.14 bits per heavy atom. The van der Waals surface area contributed by atoms with Gasteiger partial charge in [0.05, 0.1) is 6.61 Å². The van der Waals surface area contributed by atoms with Crippen molar-refractivity contribution in [2.75, 3.05) is 6.61 Å². The summed E-state index contributed by atoms with van der Waals surface area (Å²) in [6.45, 7) is 1.18. The molecule has 3 N–H and O–H groups in total. The average molecular weight is 193 g/mol. The third kappa shape index (κ3) is 2.39. The summed E-state index contributed by atoms with van der Waals surface area (Å²) >= 11 is 0. The van der Waals surface area contributed by atoms with E-state index in [1.54, 1.807) is 12.1 Å². The van der Waals surface area contributed by atoms with Crippen LogP contribution in [0.25, 0.3) is 0 Å². The Balaban J connectivity index is 2.03. The van der Waals surface area contributed by atoms with Gasteiger partial charge in [0.2, 0.25) is 0 Å². The van der Waals surface area contributed by atoms with Crippen LogP contribution < -0.4 is 10.5 Å². The predicted molar refractivity (Wildman–Crippen MR) is 54.2 cm³/mol. The van der Waals surface area contributed by atoms with Gasteiger partial charge in [0, 0.05) is 12.6 Å². The summed E-state index contributed by atoms with van der Waals surface area (Å²) in [5.41, 5.74) is 6.39. The molecule has 0 aliphatic heterocycles. The molecule has 14 heavy (non-hydrogen) atoms. The minimum absolute atomic E-state index is 0.221. The molecule has 76 valence electrons. The Morgan fingerprint density at radius 1 is 1.36 bits per heavy atom. The van der Waals surface area contributed by atoms with E-state index in [4.69, 9.17) is 10.5 Å². The largest absolute Gasteiger partial charge is 0.508 e. The molecule has 1 aliphatic rings. The Kier molecular flexibility index (Phi) is 2.59. The Bertz CT molecular complexity index is 321. The van der Waals surface area contributed by atoms with Crippen LogP contribution in [0.5, 0.6) is 11.5 Å². The van der Waals surface area contributed by atoms with E-state index < -0.39 is 0 Å². The summed E-state index contributed by atoms with van der Waals surface area (Å²) in [6.07, 6.45) is 2.53. The first kappa shape index (κ1) is 9.34. The second-order valence-electron chi connectivity index (χ2n) is 3.79. The molecule has 0 spiro atoms. The fourth-order valence-corrected chi connectivity index (χ4v) is 1.34. The molecule has 1 aliphatic carbocycles. The number of hydrogen-bond donors (Lipinski definition) is 2. The third-order valence-electron chi connectivity index (χ3n) is 2.37. The maximum Gasteiger partial charge on any atom is 0.123 e. The summed E-state index contributed by atoms with van der Waals surface area (Å²) in [5, 5.41) is 9.37. The van der Waals surface area contributed by atoms with Gasteiger partial charge in [-0.3, -0.25) is 0 Å². The van der Waals surface area contributed by atoms with Crippen LogP contribution in [0.4, 0.5) is 0 Å². The van der Waals surface area contributed by atoms with Crippen LogP contribution in [0.3, 0.4) is 0 Å². The zero-order valence-electron chi connectivity index (χ0n) is 8.07. The first-order valence-corrected chi connectivity index (χ1v) is 4.94. The second kappa shape index (κ2) is 3.88. The van der Waals surface area contributed by atoms with Gasteiger partial charge >= 0.3 is 0 Å². The van der Waals surface area contributed by atoms with Crippen molar-refractivity contribution < 1.29 is 9.84 Å². The average Bonchev–Trinajstić information content (AvgIpc) is 2.97. The van der Waals surface area contributed by atoms with E-state index in [1.165, 1.54) is 12.8 Å². The van der Waals surface area contributed by atoms with Crippen LogP contribution in [0.1, 0.15) is 18.4 Å².